The quantitative estimate of drug-likeness (QED) is 0.916. The zero-order valence-corrected chi connectivity index (χ0v) is 10.9. The summed E-state index contributed by atoms with van der Waals surface area (Å²) in [6, 6.07) is 4.99. The fourth-order valence-corrected chi connectivity index (χ4v) is 2.59. The smallest absolute Gasteiger partial charge is 0.326 e. The standard InChI is InChI=1S/C13H13ClN2O3/c14-8-4-5-11-9(7-8)15-13(19-11)16-6-2-1-3-10(16)12(17)18/h4-5,7,10H,1-3,6H2,(H,17,18). The SMILES string of the molecule is O=C(O)C1CCCCN1c1nc2cc(Cl)ccc2o1. The summed E-state index contributed by atoms with van der Waals surface area (Å²) in [5, 5.41) is 9.84. The number of fused-ring (bicyclic) bond motifs is 1. The van der Waals surface area contributed by atoms with Gasteiger partial charge in [-0.2, -0.15) is 4.98 Å². The molecular weight excluding hydrogens is 268 g/mol. The summed E-state index contributed by atoms with van der Waals surface area (Å²) in [5.74, 6) is -0.833. The molecule has 0 aliphatic carbocycles. The third kappa shape index (κ3) is 2.26. The summed E-state index contributed by atoms with van der Waals surface area (Å²) in [4.78, 5) is 17.3. The molecule has 1 aromatic carbocycles. The van der Waals surface area contributed by atoms with Crippen molar-refractivity contribution in [1.82, 2.24) is 4.98 Å². The van der Waals surface area contributed by atoms with E-state index in [1.807, 2.05) is 0 Å². The van der Waals surface area contributed by atoms with Gasteiger partial charge in [-0.15, -0.1) is 0 Å². The van der Waals surface area contributed by atoms with Crippen LogP contribution in [0.5, 0.6) is 0 Å². The molecule has 1 saturated heterocycles. The number of halogens is 1. The van der Waals surface area contributed by atoms with Gasteiger partial charge in [0.1, 0.15) is 11.6 Å². The molecule has 0 radical (unpaired) electrons. The normalized spacial score (nSPS) is 19.8. The summed E-state index contributed by atoms with van der Waals surface area (Å²) in [5.41, 5.74) is 1.27. The molecule has 19 heavy (non-hydrogen) atoms. The van der Waals surface area contributed by atoms with Gasteiger partial charge in [-0.25, -0.2) is 4.79 Å². The van der Waals surface area contributed by atoms with Gasteiger partial charge in [0, 0.05) is 11.6 Å². The van der Waals surface area contributed by atoms with Gasteiger partial charge in [0.25, 0.3) is 6.01 Å². The van der Waals surface area contributed by atoms with E-state index in [0.717, 1.165) is 12.8 Å². The van der Waals surface area contributed by atoms with Crippen LogP contribution in [-0.2, 0) is 4.79 Å². The van der Waals surface area contributed by atoms with Gasteiger partial charge >= 0.3 is 5.97 Å². The molecule has 6 heteroatoms. The molecule has 100 valence electrons. The van der Waals surface area contributed by atoms with Crippen molar-refractivity contribution in [3.05, 3.63) is 23.2 Å². The van der Waals surface area contributed by atoms with Gasteiger partial charge in [-0.3, -0.25) is 0 Å². The van der Waals surface area contributed by atoms with Crippen LogP contribution in [0, 0.1) is 0 Å². The number of nitrogens with zero attached hydrogens (tertiary/aromatic N) is 2. The van der Waals surface area contributed by atoms with E-state index in [4.69, 9.17) is 16.0 Å². The highest BCUT2D eigenvalue weighted by Crippen LogP contribution is 2.29. The number of hydrogen-bond acceptors (Lipinski definition) is 4. The molecule has 1 aliphatic heterocycles. The van der Waals surface area contributed by atoms with E-state index in [-0.39, 0.29) is 0 Å². The topological polar surface area (TPSA) is 66.6 Å². The van der Waals surface area contributed by atoms with Crippen LogP contribution in [0.3, 0.4) is 0 Å². The summed E-state index contributed by atoms with van der Waals surface area (Å²) in [6.45, 7) is 0.650. The van der Waals surface area contributed by atoms with Crippen molar-refractivity contribution in [2.45, 2.75) is 25.3 Å². The molecule has 1 aliphatic rings. The zero-order chi connectivity index (χ0) is 13.4. The Morgan fingerprint density at radius 3 is 3.11 bits per heavy atom. The highest BCUT2D eigenvalue weighted by molar-refractivity contribution is 6.31. The number of aromatic nitrogens is 1. The van der Waals surface area contributed by atoms with E-state index in [0.29, 0.717) is 35.1 Å². The monoisotopic (exact) mass is 280 g/mol. The Kier molecular flexibility index (Phi) is 3.06. The predicted octanol–water partition coefficient (Wildman–Crippen LogP) is 2.92. The molecule has 0 amide bonds. The summed E-state index contributed by atoms with van der Waals surface area (Å²) in [6.07, 6.45) is 2.48. The Bertz CT molecular complexity index is 625. The van der Waals surface area contributed by atoms with Crippen molar-refractivity contribution in [3.8, 4) is 0 Å². The Morgan fingerprint density at radius 1 is 1.47 bits per heavy atom. The minimum atomic E-state index is -0.833. The maximum Gasteiger partial charge on any atom is 0.326 e. The lowest BCUT2D eigenvalue weighted by Gasteiger charge is -2.31. The van der Waals surface area contributed by atoms with Crippen LogP contribution in [0.4, 0.5) is 6.01 Å². The van der Waals surface area contributed by atoms with Crippen molar-refractivity contribution in [2.24, 2.45) is 0 Å². The number of hydrogen-bond donors (Lipinski definition) is 1. The minimum absolute atomic E-state index is 0.365. The molecule has 1 fully saturated rings. The molecule has 2 heterocycles. The first-order valence-corrected chi connectivity index (χ1v) is 6.58. The molecule has 1 unspecified atom stereocenters. The number of rotatable bonds is 2. The number of anilines is 1. The molecule has 1 aromatic heterocycles. The zero-order valence-electron chi connectivity index (χ0n) is 10.2. The number of carboxylic acid groups (broad SMARTS) is 1. The number of aliphatic carboxylic acids is 1. The van der Waals surface area contributed by atoms with Crippen LogP contribution in [0.25, 0.3) is 11.1 Å². The lowest BCUT2D eigenvalue weighted by Crippen LogP contribution is -2.44. The van der Waals surface area contributed by atoms with Crippen LogP contribution < -0.4 is 4.90 Å². The number of carbonyl (C=O) groups is 1. The van der Waals surface area contributed by atoms with Gasteiger partial charge in [0.05, 0.1) is 0 Å². The lowest BCUT2D eigenvalue weighted by atomic mass is 10.0. The molecule has 0 bridgehead atoms. The first-order valence-electron chi connectivity index (χ1n) is 6.21. The van der Waals surface area contributed by atoms with E-state index in [2.05, 4.69) is 4.98 Å². The van der Waals surface area contributed by atoms with Crippen LogP contribution in [0.1, 0.15) is 19.3 Å². The fourth-order valence-electron chi connectivity index (χ4n) is 2.43. The van der Waals surface area contributed by atoms with Crippen molar-refractivity contribution < 1.29 is 14.3 Å². The van der Waals surface area contributed by atoms with Crippen LogP contribution in [0.15, 0.2) is 22.6 Å². The molecular formula is C13H13ClN2O3. The summed E-state index contributed by atoms with van der Waals surface area (Å²) < 4.78 is 5.64. The van der Waals surface area contributed by atoms with Crippen molar-refractivity contribution >= 4 is 34.7 Å². The van der Waals surface area contributed by atoms with Crippen molar-refractivity contribution in [1.29, 1.82) is 0 Å². The molecule has 3 rings (SSSR count). The highest BCUT2D eigenvalue weighted by atomic mass is 35.5. The van der Waals surface area contributed by atoms with Gasteiger partial charge in [0.2, 0.25) is 0 Å². The van der Waals surface area contributed by atoms with E-state index in [1.165, 1.54) is 0 Å². The van der Waals surface area contributed by atoms with Crippen molar-refractivity contribution in [3.63, 3.8) is 0 Å². The number of carboxylic acids is 1. The van der Waals surface area contributed by atoms with Crippen LogP contribution >= 0.6 is 11.6 Å². The first-order chi connectivity index (χ1) is 9.15. The lowest BCUT2D eigenvalue weighted by molar-refractivity contribution is -0.139. The second-order valence-electron chi connectivity index (χ2n) is 4.65. The second kappa shape index (κ2) is 4.74. The van der Waals surface area contributed by atoms with Gasteiger partial charge < -0.3 is 14.4 Å². The molecule has 0 saturated carbocycles. The molecule has 5 nitrogen and oxygen atoms in total. The number of benzene rings is 1. The maximum atomic E-state index is 11.3. The molecule has 0 spiro atoms. The maximum absolute atomic E-state index is 11.3. The molecule has 2 aromatic rings. The van der Waals surface area contributed by atoms with E-state index in [9.17, 15) is 9.90 Å². The average Bonchev–Trinajstić information content (AvgIpc) is 2.81. The first kappa shape index (κ1) is 12.3. The summed E-state index contributed by atoms with van der Waals surface area (Å²) >= 11 is 5.90. The molecule has 1 N–H and O–H groups in total. The number of oxazole rings is 1. The number of piperidine rings is 1. The predicted molar refractivity (Wildman–Crippen MR) is 71.6 cm³/mol. The highest BCUT2D eigenvalue weighted by Gasteiger charge is 2.31. The Labute approximate surface area is 114 Å². The van der Waals surface area contributed by atoms with E-state index < -0.39 is 12.0 Å². The van der Waals surface area contributed by atoms with Gasteiger partial charge in [-0.05, 0) is 37.5 Å². The summed E-state index contributed by atoms with van der Waals surface area (Å²) in [7, 11) is 0. The van der Waals surface area contributed by atoms with Crippen LogP contribution in [0.2, 0.25) is 5.02 Å². The molecule has 1 atom stereocenters. The average molecular weight is 281 g/mol. The largest absolute Gasteiger partial charge is 0.480 e. The Balaban J connectivity index is 1.99. The third-order valence-electron chi connectivity index (χ3n) is 3.37. The van der Waals surface area contributed by atoms with E-state index in [1.54, 1.807) is 23.1 Å². The van der Waals surface area contributed by atoms with E-state index >= 15 is 0 Å². The third-order valence-corrected chi connectivity index (χ3v) is 3.61. The van der Waals surface area contributed by atoms with Gasteiger partial charge in [-0.1, -0.05) is 11.6 Å². The Hall–Kier alpha value is -1.75. The van der Waals surface area contributed by atoms with Crippen molar-refractivity contribution in [2.75, 3.05) is 11.4 Å². The van der Waals surface area contributed by atoms with Gasteiger partial charge in [0.15, 0.2) is 5.58 Å². The van der Waals surface area contributed by atoms with Crippen LogP contribution in [-0.4, -0.2) is 28.6 Å². The second-order valence-corrected chi connectivity index (χ2v) is 5.09. The minimum Gasteiger partial charge on any atom is -0.480 e. The Morgan fingerprint density at radius 2 is 2.32 bits per heavy atom. The fraction of sp³-hybridized carbons (Fsp3) is 0.385.